The number of anilines is 2. The first-order valence-electron chi connectivity index (χ1n) is 37.8. The number of fused-ring (bicyclic) bond motifs is 12. The van der Waals surface area contributed by atoms with E-state index in [0.717, 1.165) is 69.5 Å². The third-order valence-electron chi connectivity index (χ3n) is 21.8. The third-order valence-corrected chi connectivity index (χ3v) is 22.5. The number of hydrogen-bond donors (Lipinski definition) is 2. The van der Waals surface area contributed by atoms with Gasteiger partial charge in [-0.25, -0.2) is 8.42 Å². The van der Waals surface area contributed by atoms with Gasteiger partial charge in [0, 0.05) is 120 Å². The maximum atomic E-state index is 11.3. The molecule has 12 rings (SSSR count). The smallest absolute Gasteiger partial charge is 0.303 e. The van der Waals surface area contributed by atoms with E-state index in [1.165, 1.54) is 99.5 Å². The standard InChI is InChI=1S/C47H52N2O4.C45H50N2O5S/c1-46(2)40(48(32-18-8-12-26-42(50)51)38-30-28-34-20-14-16-22-36(34)44(38)46)24-10-6-5-7-11-25-41-47(3,4)45-37-23-17-15-21-35(37)29-31-39(45)49(41)33-19-9-13-27-43(52)53;1-44(2)39(46(30-16-8-11-25-41(48)49)37-28-26-33-19-12-14-21-35(33)42(37)44)23-9-6-5-7-10-24-40-45(3,4)43-36-22-15-13-20-34(36)27-29-38(43)47(40)31-17-18-32-53(50,51)52/h5-7,10-11,14-17,20-25,28-31H,8-9,12-13,18-19,26-27,32-33H2,1-4H3,(H-,50,51,52,53);5-7,9-10,12-15,19-24,26-29H,8,11,16-18,25,30-32H2,1-4H3,(H-,48,49,50,51,52). The molecule has 4 aliphatic rings. The van der Waals surface area contributed by atoms with Crippen molar-refractivity contribution in [3.63, 3.8) is 0 Å². The number of allylic oxidation sites excluding steroid dienone is 16. The number of aliphatic carboxylic acids is 3. The number of carboxylic acids is 3. The van der Waals surface area contributed by atoms with Crippen molar-refractivity contribution in [2.45, 2.75) is 167 Å². The van der Waals surface area contributed by atoms with Crippen molar-refractivity contribution in [2.24, 2.45) is 0 Å². The summed E-state index contributed by atoms with van der Waals surface area (Å²) in [4.78, 5) is 37.8. The number of carboxylic acid groups (broad SMARTS) is 3. The van der Waals surface area contributed by atoms with Gasteiger partial charge in [0.05, 0.1) is 20.9 Å². The summed E-state index contributed by atoms with van der Waals surface area (Å²) in [6.45, 7) is 21.3. The lowest BCUT2D eigenvalue weighted by atomic mass is 9.79. The minimum Gasteiger partial charge on any atom is -0.748 e. The van der Waals surface area contributed by atoms with Crippen LogP contribution >= 0.6 is 0 Å². The molecule has 0 radical (unpaired) electrons. The predicted octanol–water partition coefficient (Wildman–Crippen LogP) is 19.4. The molecule has 13 nitrogen and oxygen atoms in total. The number of unbranched alkanes of at least 4 members (excludes halogenated alkanes) is 7. The van der Waals surface area contributed by atoms with Gasteiger partial charge >= 0.3 is 11.9 Å². The lowest BCUT2D eigenvalue weighted by molar-refractivity contribution is -0.438. The Labute approximate surface area is 626 Å². The van der Waals surface area contributed by atoms with Gasteiger partial charge in [-0.1, -0.05) is 204 Å². The molecule has 0 unspecified atom stereocenters. The highest BCUT2D eigenvalue weighted by atomic mass is 32.2. The maximum absolute atomic E-state index is 11.3. The highest BCUT2D eigenvalue weighted by molar-refractivity contribution is 7.85. The SMILES string of the molecule is CC1(C)C(/C=C/C=C/C=C/C=C2/N(CCCCCC(=O)O)c3ccc4ccccc4c3C2(C)C)=[N+](CCCCCC(=O)[O-])c2ccc3ccccc3c21.CC1(C)C(=CC=CC=CC=CC2=[N+](CCCCCC(=O)O)c3ccc4ccccc4c3C2(C)C)N(CCCCS(=O)(=O)[O-])c2ccc3ccccc3c21. The first-order chi connectivity index (χ1) is 50.8. The number of nitrogens with zero attached hydrogens (tertiary/aromatic N) is 4. The van der Waals surface area contributed by atoms with E-state index in [9.17, 15) is 32.5 Å². The van der Waals surface area contributed by atoms with Crippen LogP contribution in [-0.4, -0.2) is 93.6 Å². The summed E-state index contributed by atoms with van der Waals surface area (Å²) in [5, 5.41) is 39.1. The van der Waals surface area contributed by atoms with Crippen molar-refractivity contribution in [3.8, 4) is 0 Å². The minimum absolute atomic E-state index is 0.103. The summed E-state index contributed by atoms with van der Waals surface area (Å²) in [5.74, 6) is -2.81. The van der Waals surface area contributed by atoms with Crippen molar-refractivity contribution >= 4 is 105 Å². The highest BCUT2D eigenvalue weighted by Crippen LogP contribution is 2.53. The molecule has 0 saturated carbocycles. The Morgan fingerprint density at radius 2 is 0.736 bits per heavy atom. The molecule has 106 heavy (non-hydrogen) atoms. The number of carbonyl (C=O) groups is 3. The lowest BCUT2D eigenvalue weighted by Crippen LogP contribution is -2.28. The van der Waals surface area contributed by atoms with Crippen molar-refractivity contribution < 1.29 is 51.8 Å². The van der Waals surface area contributed by atoms with Gasteiger partial charge in [-0.3, -0.25) is 9.59 Å². The fourth-order valence-corrected chi connectivity index (χ4v) is 17.3. The van der Waals surface area contributed by atoms with E-state index >= 15 is 0 Å². The van der Waals surface area contributed by atoms with Gasteiger partial charge in [0.15, 0.2) is 11.4 Å². The molecular formula is C92H102N4O9S. The zero-order chi connectivity index (χ0) is 75.4. The van der Waals surface area contributed by atoms with Gasteiger partial charge in [0.25, 0.3) is 0 Å². The molecule has 8 aromatic rings. The average molecular weight is 1440 g/mol. The Morgan fingerprint density at radius 3 is 1.12 bits per heavy atom. The molecule has 14 heteroatoms. The van der Waals surface area contributed by atoms with Gasteiger partial charge in [-0.15, -0.1) is 0 Å². The van der Waals surface area contributed by atoms with Crippen LogP contribution in [0.15, 0.2) is 242 Å². The van der Waals surface area contributed by atoms with Gasteiger partial charge in [-0.2, -0.15) is 9.15 Å². The van der Waals surface area contributed by atoms with Crippen LogP contribution in [0.25, 0.3) is 43.1 Å². The second kappa shape index (κ2) is 33.6. The summed E-state index contributed by atoms with van der Waals surface area (Å²) in [6.07, 6.45) is 38.3. The first kappa shape index (κ1) is 77.1. The zero-order valence-electron chi connectivity index (χ0n) is 62.8. The molecule has 0 amide bonds. The number of carbonyl (C=O) groups excluding carboxylic acids is 1. The van der Waals surface area contributed by atoms with Crippen LogP contribution < -0.4 is 14.9 Å². The zero-order valence-corrected chi connectivity index (χ0v) is 63.6. The Morgan fingerprint density at radius 1 is 0.396 bits per heavy atom. The van der Waals surface area contributed by atoms with Crippen molar-refractivity contribution in [2.75, 3.05) is 41.7 Å². The molecule has 2 N–H and O–H groups in total. The van der Waals surface area contributed by atoms with Crippen LogP contribution in [0.4, 0.5) is 22.7 Å². The molecule has 0 atom stereocenters. The third kappa shape index (κ3) is 17.1. The van der Waals surface area contributed by atoms with Crippen molar-refractivity contribution in [3.05, 3.63) is 264 Å². The van der Waals surface area contributed by atoms with E-state index in [-0.39, 0.29) is 46.7 Å². The lowest BCUT2D eigenvalue weighted by Gasteiger charge is -2.27. The van der Waals surface area contributed by atoms with Crippen LogP contribution in [0.3, 0.4) is 0 Å². The summed E-state index contributed by atoms with van der Waals surface area (Å²) in [5.41, 5.74) is 13.9. The Bertz CT molecular complexity index is 5090. The second-order valence-electron chi connectivity index (χ2n) is 30.5. The fourth-order valence-electron chi connectivity index (χ4n) is 16.8. The molecule has 0 aliphatic carbocycles. The molecule has 0 fully saturated rings. The predicted molar refractivity (Wildman–Crippen MR) is 433 cm³/mol. The Balaban J connectivity index is 0.000000212. The molecule has 4 aliphatic heterocycles. The number of benzene rings is 8. The maximum Gasteiger partial charge on any atom is 0.303 e. The van der Waals surface area contributed by atoms with E-state index in [0.29, 0.717) is 38.6 Å². The highest BCUT2D eigenvalue weighted by Gasteiger charge is 2.48. The van der Waals surface area contributed by atoms with Crippen LogP contribution in [0.2, 0.25) is 0 Å². The summed E-state index contributed by atoms with van der Waals surface area (Å²) >= 11 is 0. The summed E-state index contributed by atoms with van der Waals surface area (Å²) < 4.78 is 38.7. The monoisotopic (exact) mass is 1440 g/mol. The van der Waals surface area contributed by atoms with Crippen LogP contribution in [-0.2, 0) is 46.2 Å². The summed E-state index contributed by atoms with van der Waals surface area (Å²) in [6, 6.07) is 51.7. The molecule has 4 heterocycles. The Hall–Kier alpha value is -10.0. The van der Waals surface area contributed by atoms with E-state index in [2.05, 4.69) is 281 Å². The molecule has 0 aromatic heterocycles. The van der Waals surface area contributed by atoms with Crippen LogP contribution in [0.5, 0.6) is 0 Å². The molecule has 0 spiro atoms. The molecule has 8 aromatic carbocycles. The van der Waals surface area contributed by atoms with Crippen molar-refractivity contribution in [1.82, 2.24) is 0 Å². The quantitative estimate of drug-likeness (QED) is 0.0182. The fraction of sp³-hybridized carbons (Fsp3) is 0.337. The van der Waals surface area contributed by atoms with Gasteiger partial charge in [0.1, 0.15) is 13.1 Å². The van der Waals surface area contributed by atoms with Crippen molar-refractivity contribution in [1.29, 1.82) is 0 Å². The first-order valence-corrected chi connectivity index (χ1v) is 39.4. The van der Waals surface area contributed by atoms with Gasteiger partial charge in [-0.05, 0) is 176 Å². The topological polar surface area (TPSA) is 184 Å². The Kier molecular flexibility index (Phi) is 24.4. The van der Waals surface area contributed by atoms with E-state index in [1.54, 1.807) is 0 Å². The molecule has 550 valence electrons. The molecule has 0 bridgehead atoms. The summed E-state index contributed by atoms with van der Waals surface area (Å²) in [7, 11) is -4.25. The largest absolute Gasteiger partial charge is 0.748 e. The van der Waals surface area contributed by atoms with Gasteiger partial charge < -0.3 is 34.5 Å². The van der Waals surface area contributed by atoms with Gasteiger partial charge in [0.2, 0.25) is 11.4 Å². The van der Waals surface area contributed by atoms with Crippen LogP contribution in [0, 0.1) is 0 Å². The average Bonchev–Trinajstić information content (AvgIpc) is 1.60. The second-order valence-corrected chi connectivity index (χ2v) is 32.0. The van der Waals surface area contributed by atoms with Crippen LogP contribution in [0.1, 0.15) is 168 Å². The normalized spacial score (nSPS) is 17.2. The number of rotatable bonds is 31. The number of hydrogen-bond acceptors (Lipinski definition) is 9. The van der Waals surface area contributed by atoms with E-state index in [1.807, 2.05) is 24.3 Å². The molecular weight excluding hydrogens is 1340 g/mol. The van der Waals surface area contributed by atoms with E-state index in [4.69, 9.17) is 10.2 Å². The minimum atomic E-state index is -4.25. The molecule has 0 saturated heterocycles. The van der Waals surface area contributed by atoms with E-state index < -0.39 is 28.0 Å².